The first-order valence-corrected chi connectivity index (χ1v) is 8.01. The number of nitrogens with one attached hydrogen (secondary N) is 2. The van der Waals surface area contributed by atoms with Crippen molar-refractivity contribution in [3.05, 3.63) is 54.1 Å². The van der Waals surface area contributed by atoms with E-state index in [1.807, 2.05) is 6.07 Å². The molecule has 0 heterocycles. The van der Waals surface area contributed by atoms with Crippen molar-refractivity contribution < 1.29 is 23.9 Å². The third-order valence-corrected chi connectivity index (χ3v) is 3.22. The van der Waals surface area contributed by atoms with Gasteiger partial charge in [-0.2, -0.15) is 5.10 Å². The molecule has 2 aromatic carbocycles. The topological polar surface area (TPSA) is 106 Å². The molecule has 0 aliphatic rings. The second-order valence-electron chi connectivity index (χ2n) is 5.39. The van der Waals surface area contributed by atoms with Crippen molar-refractivity contribution in [3.63, 3.8) is 0 Å². The molecule has 0 saturated carbocycles. The molecule has 0 aliphatic carbocycles. The van der Waals surface area contributed by atoms with Gasteiger partial charge in [0.15, 0.2) is 11.5 Å². The van der Waals surface area contributed by atoms with E-state index in [9.17, 15) is 14.4 Å². The molecular weight excluding hydrogens is 350 g/mol. The van der Waals surface area contributed by atoms with Crippen LogP contribution in [0.25, 0.3) is 0 Å². The summed E-state index contributed by atoms with van der Waals surface area (Å²) in [4.78, 5) is 34.6. The Hall–Kier alpha value is -3.68. The summed E-state index contributed by atoms with van der Waals surface area (Å²) in [6, 6.07) is 13.6. The van der Waals surface area contributed by atoms with Crippen LogP contribution in [0.2, 0.25) is 0 Å². The fourth-order valence-corrected chi connectivity index (χ4v) is 2.09. The monoisotopic (exact) mass is 369 g/mol. The van der Waals surface area contributed by atoms with Gasteiger partial charge in [0.25, 0.3) is 0 Å². The van der Waals surface area contributed by atoms with Gasteiger partial charge in [0.1, 0.15) is 6.42 Å². The highest BCUT2D eigenvalue weighted by molar-refractivity contribution is 6.03. The fraction of sp³-hybridized carbons (Fsp3) is 0.158. The molecule has 2 rings (SSSR count). The summed E-state index contributed by atoms with van der Waals surface area (Å²) in [5.41, 5.74) is 3.49. The number of esters is 1. The first-order valence-electron chi connectivity index (χ1n) is 8.01. The lowest BCUT2D eigenvalue weighted by atomic mass is 10.2. The van der Waals surface area contributed by atoms with Gasteiger partial charge >= 0.3 is 5.97 Å². The number of hydrazone groups is 1. The fourth-order valence-electron chi connectivity index (χ4n) is 2.09. The standard InChI is InChI=1S/C19H19N3O5/c1-13(23)27-16-9-8-14(10-17(16)26-2)12-20-22-19(25)11-18(24)21-15-6-4-3-5-7-15/h3-10,12H,11H2,1-2H3,(H,21,24)(H,22,25)/b20-12+. The van der Waals surface area contributed by atoms with Gasteiger partial charge in [-0.05, 0) is 35.9 Å². The van der Waals surface area contributed by atoms with Crippen LogP contribution in [0.1, 0.15) is 18.9 Å². The number of carbonyl (C=O) groups excluding carboxylic acids is 3. The molecule has 0 aliphatic heterocycles. The van der Waals surface area contributed by atoms with Gasteiger partial charge in [0.2, 0.25) is 11.8 Å². The molecule has 0 unspecified atom stereocenters. The van der Waals surface area contributed by atoms with Crippen LogP contribution in [0.5, 0.6) is 11.5 Å². The number of methoxy groups -OCH3 is 1. The number of para-hydroxylation sites is 1. The lowest BCUT2D eigenvalue weighted by Gasteiger charge is -2.08. The summed E-state index contributed by atoms with van der Waals surface area (Å²) in [6.07, 6.45) is 1.02. The van der Waals surface area contributed by atoms with Gasteiger partial charge in [-0.15, -0.1) is 0 Å². The van der Waals surface area contributed by atoms with Crippen molar-refractivity contribution in [2.24, 2.45) is 5.10 Å². The van der Waals surface area contributed by atoms with Crippen molar-refractivity contribution in [1.82, 2.24) is 5.43 Å². The minimum absolute atomic E-state index is 0.281. The molecule has 2 N–H and O–H groups in total. The van der Waals surface area contributed by atoms with E-state index in [2.05, 4.69) is 15.8 Å². The molecule has 0 saturated heterocycles. The molecule has 27 heavy (non-hydrogen) atoms. The highest BCUT2D eigenvalue weighted by Gasteiger charge is 2.09. The summed E-state index contributed by atoms with van der Waals surface area (Å²) >= 11 is 0. The normalized spacial score (nSPS) is 10.3. The number of hydrogen-bond donors (Lipinski definition) is 2. The number of anilines is 1. The Morgan fingerprint density at radius 2 is 1.78 bits per heavy atom. The molecule has 2 aromatic rings. The van der Waals surface area contributed by atoms with E-state index < -0.39 is 17.8 Å². The highest BCUT2D eigenvalue weighted by atomic mass is 16.6. The summed E-state index contributed by atoms with van der Waals surface area (Å²) < 4.78 is 10.1. The third-order valence-electron chi connectivity index (χ3n) is 3.22. The van der Waals surface area contributed by atoms with E-state index in [1.165, 1.54) is 20.2 Å². The van der Waals surface area contributed by atoms with Crippen LogP contribution in [0.3, 0.4) is 0 Å². The maximum atomic E-state index is 11.8. The van der Waals surface area contributed by atoms with Crippen molar-refractivity contribution in [2.45, 2.75) is 13.3 Å². The minimum atomic E-state index is -0.553. The molecule has 0 radical (unpaired) electrons. The van der Waals surface area contributed by atoms with E-state index in [-0.39, 0.29) is 12.2 Å². The molecular formula is C19H19N3O5. The smallest absolute Gasteiger partial charge is 0.308 e. The van der Waals surface area contributed by atoms with Crippen LogP contribution < -0.4 is 20.2 Å². The number of amides is 2. The second-order valence-corrected chi connectivity index (χ2v) is 5.39. The lowest BCUT2D eigenvalue weighted by Crippen LogP contribution is -2.24. The van der Waals surface area contributed by atoms with Crippen molar-refractivity contribution in [2.75, 3.05) is 12.4 Å². The molecule has 0 bridgehead atoms. The van der Waals surface area contributed by atoms with Crippen LogP contribution in [-0.4, -0.2) is 31.1 Å². The Balaban J connectivity index is 1.88. The summed E-state index contributed by atoms with van der Waals surface area (Å²) in [7, 11) is 1.44. The van der Waals surface area contributed by atoms with Gasteiger partial charge in [-0.25, -0.2) is 5.43 Å². The van der Waals surface area contributed by atoms with Gasteiger partial charge in [-0.3, -0.25) is 14.4 Å². The van der Waals surface area contributed by atoms with Crippen molar-refractivity contribution in [1.29, 1.82) is 0 Å². The Kier molecular flexibility index (Phi) is 7.07. The Morgan fingerprint density at radius 3 is 2.44 bits per heavy atom. The first kappa shape index (κ1) is 19.6. The van der Waals surface area contributed by atoms with Crippen LogP contribution in [-0.2, 0) is 14.4 Å². The maximum Gasteiger partial charge on any atom is 0.308 e. The zero-order chi connectivity index (χ0) is 19.6. The maximum absolute atomic E-state index is 11.8. The third kappa shape index (κ3) is 6.62. The van der Waals surface area contributed by atoms with E-state index >= 15 is 0 Å². The SMILES string of the molecule is COc1cc(/C=N/NC(=O)CC(=O)Nc2ccccc2)ccc1OC(C)=O. The summed E-state index contributed by atoms with van der Waals surface area (Å²) in [5, 5.41) is 6.41. The number of benzene rings is 2. The van der Waals surface area contributed by atoms with Gasteiger partial charge in [-0.1, -0.05) is 18.2 Å². The molecule has 0 atom stereocenters. The molecule has 8 nitrogen and oxygen atoms in total. The Bertz CT molecular complexity index is 850. The van der Waals surface area contributed by atoms with Crippen molar-refractivity contribution >= 4 is 29.7 Å². The summed E-state index contributed by atoms with van der Waals surface area (Å²) in [5.74, 6) is -0.827. The Labute approximate surface area is 156 Å². The zero-order valence-corrected chi connectivity index (χ0v) is 14.9. The molecule has 0 spiro atoms. The van der Waals surface area contributed by atoms with Crippen LogP contribution in [0.4, 0.5) is 5.69 Å². The summed E-state index contributed by atoms with van der Waals surface area (Å²) in [6.45, 7) is 1.29. The Morgan fingerprint density at radius 1 is 1.04 bits per heavy atom. The van der Waals surface area contributed by atoms with Gasteiger partial charge < -0.3 is 14.8 Å². The number of carbonyl (C=O) groups is 3. The number of hydrogen-bond acceptors (Lipinski definition) is 6. The highest BCUT2D eigenvalue weighted by Crippen LogP contribution is 2.27. The largest absolute Gasteiger partial charge is 0.493 e. The molecule has 0 fully saturated rings. The number of rotatable bonds is 7. The van der Waals surface area contributed by atoms with Crippen molar-refractivity contribution in [3.8, 4) is 11.5 Å². The van der Waals surface area contributed by atoms with Crippen LogP contribution in [0.15, 0.2) is 53.6 Å². The van der Waals surface area contributed by atoms with E-state index in [0.29, 0.717) is 17.0 Å². The minimum Gasteiger partial charge on any atom is -0.493 e. The van der Waals surface area contributed by atoms with Gasteiger partial charge in [0, 0.05) is 12.6 Å². The van der Waals surface area contributed by atoms with E-state index in [4.69, 9.17) is 9.47 Å². The van der Waals surface area contributed by atoms with Crippen LogP contribution in [0, 0.1) is 0 Å². The van der Waals surface area contributed by atoms with Crippen LogP contribution >= 0.6 is 0 Å². The molecule has 140 valence electrons. The predicted octanol–water partition coefficient (Wildman–Crippen LogP) is 2.10. The average Bonchev–Trinajstić information content (AvgIpc) is 2.63. The zero-order valence-electron chi connectivity index (χ0n) is 14.9. The first-order chi connectivity index (χ1) is 13.0. The molecule has 0 aromatic heterocycles. The quantitative estimate of drug-likeness (QED) is 0.256. The molecule has 2 amide bonds. The van der Waals surface area contributed by atoms with Gasteiger partial charge in [0.05, 0.1) is 13.3 Å². The second kappa shape index (κ2) is 9.71. The molecule has 8 heteroatoms. The van der Waals surface area contributed by atoms with E-state index in [0.717, 1.165) is 0 Å². The van der Waals surface area contributed by atoms with E-state index in [1.54, 1.807) is 42.5 Å². The number of ether oxygens (including phenoxy) is 2. The average molecular weight is 369 g/mol. The lowest BCUT2D eigenvalue weighted by molar-refractivity contribution is -0.132. The predicted molar refractivity (Wildman–Crippen MR) is 99.7 cm³/mol. The number of nitrogens with zero attached hydrogens (tertiary/aromatic N) is 1.